The molecule has 1 aliphatic rings. The maximum absolute atomic E-state index is 12.7. The Morgan fingerprint density at radius 2 is 1.77 bits per heavy atom. The topological polar surface area (TPSA) is 116 Å². The molecule has 1 amide bonds. The average molecular weight is 429 g/mol. The molecular weight excluding hydrogens is 406 g/mol. The van der Waals surface area contributed by atoms with Gasteiger partial charge in [0.25, 0.3) is 0 Å². The number of hydrazone groups is 1. The van der Waals surface area contributed by atoms with Gasteiger partial charge in [0.05, 0.1) is 18.0 Å². The molecule has 2 aromatic rings. The summed E-state index contributed by atoms with van der Waals surface area (Å²) < 4.78 is 25.2. The average Bonchev–Trinajstić information content (AvgIpc) is 3.13. The van der Waals surface area contributed by atoms with E-state index in [-0.39, 0.29) is 31.2 Å². The number of rotatable bonds is 8. The van der Waals surface area contributed by atoms with Crippen LogP contribution in [0.4, 0.5) is 5.69 Å². The van der Waals surface area contributed by atoms with Gasteiger partial charge < -0.3 is 5.11 Å². The van der Waals surface area contributed by atoms with Crippen molar-refractivity contribution in [3.8, 4) is 0 Å². The summed E-state index contributed by atoms with van der Waals surface area (Å²) in [5.41, 5.74) is 2.89. The molecule has 2 N–H and O–H groups in total. The lowest BCUT2D eigenvalue weighted by Gasteiger charge is -2.22. The number of carboxylic acid groups (broad SMARTS) is 1. The number of hydrogen-bond acceptors (Lipinski definition) is 5. The summed E-state index contributed by atoms with van der Waals surface area (Å²) in [6.07, 6.45) is 1.88. The van der Waals surface area contributed by atoms with Gasteiger partial charge >= 0.3 is 5.97 Å². The highest BCUT2D eigenvalue weighted by molar-refractivity contribution is 7.92. The maximum Gasteiger partial charge on any atom is 0.303 e. The van der Waals surface area contributed by atoms with E-state index in [0.29, 0.717) is 17.8 Å². The fourth-order valence-electron chi connectivity index (χ4n) is 3.30. The summed E-state index contributed by atoms with van der Waals surface area (Å²) >= 11 is 0. The Bertz CT molecular complexity index is 1050. The number of nitrogens with zero attached hydrogens (tertiary/aromatic N) is 2. The van der Waals surface area contributed by atoms with Crippen LogP contribution in [-0.4, -0.2) is 42.4 Å². The molecule has 0 saturated carbocycles. The molecule has 1 atom stereocenters. The second kappa shape index (κ2) is 9.08. The second-order valence-electron chi connectivity index (χ2n) is 7.11. The Morgan fingerprint density at radius 1 is 1.10 bits per heavy atom. The van der Waals surface area contributed by atoms with Crippen molar-refractivity contribution < 1.29 is 23.1 Å². The van der Waals surface area contributed by atoms with E-state index in [1.807, 2.05) is 30.3 Å². The van der Waals surface area contributed by atoms with Crippen LogP contribution in [0.5, 0.6) is 0 Å². The monoisotopic (exact) mass is 429 g/mol. The number of carboxylic acids is 1. The van der Waals surface area contributed by atoms with Crippen molar-refractivity contribution >= 4 is 33.3 Å². The van der Waals surface area contributed by atoms with E-state index >= 15 is 0 Å². The number of aliphatic carboxylic acids is 1. The van der Waals surface area contributed by atoms with Crippen LogP contribution >= 0.6 is 0 Å². The van der Waals surface area contributed by atoms with Crippen molar-refractivity contribution in [2.75, 3.05) is 11.0 Å². The number of carbonyl (C=O) groups is 2. The lowest BCUT2D eigenvalue weighted by Crippen LogP contribution is -2.26. The van der Waals surface area contributed by atoms with Gasteiger partial charge in [-0.25, -0.2) is 13.4 Å². The number of hydrogen-bond donors (Lipinski definition) is 2. The highest BCUT2D eigenvalue weighted by Gasteiger charge is 2.32. The zero-order chi connectivity index (χ0) is 21.7. The Hall–Kier alpha value is -3.20. The molecule has 0 aromatic heterocycles. The van der Waals surface area contributed by atoms with Gasteiger partial charge in [-0.2, -0.15) is 5.10 Å². The minimum atomic E-state index is -3.36. The van der Waals surface area contributed by atoms with E-state index in [4.69, 9.17) is 5.11 Å². The summed E-state index contributed by atoms with van der Waals surface area (Å²) in [6.45, 7) is 0. The lowest BCUT2D eigenvalue weighted by molar-refractivity contribution is -0.137. The molecular formula is C21H23N3O5S. The Balaban J connectivity index is 1.82. The standard InChI is InChI=1S/C21H23N3O5S/c1-30(28,29)23-17-12-10-15(11-13-17)18-14-19(16-6-3-2-4-7-16)24(22-18)20(25)8-5-9-21(26)27/h2-4,6-7,10-13,19,23H,5,8-9,14H2,1H3,(H,26,27)/t19-/m1/s1. The van der Waals surface area contributed by atoms with Crippen LogP contribution in [0.2, 0.25) is 0 Å². The molecule has 1 aliphatic heterocycles. The molecule has 1 heterocycles. The molecule has 30 heavy (non-hydrogen) atoms. The van der Waals surface area contributed by atoms with Crippen LogP contribution in [0.1, 0.15) is 42.9 Å². The van der Waals surface area contributed by atoms with Crippen molar-refractivity contribution in [1.29, 1.82) is 0 Å². The van der Waals surface area contributed by atoms with Crippen LogP contribution in [0.25, 0.3) is 0 Å². The van der Waals surface area contributed by atoms with Gasteiger partial charge in [0, 0.05) is 24.9 Å². The summed E-state index contributed by atoms with van der Waals surface area (Å²) in [6, 6.07) is 16.1. The summed E-state index contributed by atoms with van der Waals surface area (Å²) in [5.74, 6) is -1.16. The van der Waals surface area contributed by atoms with E-state index < -0.39 is 16.0 Å². The second-order valence-corrected chi connectivity index (χ2v) is 8.86. The first-order valence-corrected chi connectivity index (χ1v) is 11.4. The van der Waals surface area contributed by atoms with Crippen molar-refractivity contribution in [3.05, 3.63) is 65.7 Å². The predicted molar refractivity (Wildman–Crippen MR) is 114 cm³/mol. The third kappa shape index (κ3) is 5.66. The molecule has 158 valence electrons. The minimum absolute atomic E-state index is 0.0685. The molecule has 8 nitrogen and oxygen atoms in total. The Morgan fingerprint density at radius 3 is 2.37 bits per heavy atom. The van der Waals surface area contributed by atoms with Crippen LogP contribution in [-0.2, 0) is 19.6 Å². The third-order valence-electron chi connectivity index (χ3n) is 4.65. The molecule has 0 fully saturated rings. The molecule has 9 heteroatoms. The molecule has 0 unspecified atom stereocenters. The molecule has 0 radical (unpaired) electrons. The number of carbonyl (C=O) groups excluding carboxylic acids is 1. The third-order valence-corrected chi connectivity index (χ3v) is 5.26. The normalized spacial score (nSPS) is 16.2. The molecule has 3 rings (SSSR count). The smallest absolute Gasteiger partial charge is 0.303 e. The Kier molecular flexibility index (Phi) is 6.51. The van der Waals surface area contributed by atoms with Gasteiger partial charge in [0.15, 0.2) is 0 Å². The largest absolute Gasteiger partial charge is 0.481 e. The number of amides is 1. The zero-order valence-electron chi connectivity index (χ0n) is 16.5. The Labute approximate surface area is 175 Å². The first-order chi connectivity index (χ1) is 14.2. The maximum atomic E-state index is 12.7. The molecule has 0 saturated heterocycles. The van der Waals surface area contributed by atoms with Gasteiger partial charge in [0.2, 0.25) is 15.9 Å². The number of nitrogens with one attached hydrogen (secondary N) is 1. The van der Waals surface area contributed by atoms with E-state index in [2.05, 4.69) is 9.82 Å². The van der Waals surface area contributed by atoms with E-state index in [0.717, 1.165) is 17.4 Å². The molecule has 2 aromatic carbocycles. The van der Waals surface area contributed by atoms with Gasteiger partial charge in [-0.15, -0.1) is 0 Å². The van der Waals surface area contributed by atoms with Crippen LogP contribution in [0.15, 0.2) is 59.7 Å². The summed E-state index contributed by atoms with van der Waals surface area (Å²) in [7, 11) is -3.36. The highest BCUT2D eigenvalue weighted by atomic mass is 32.2. The number of sulfonamides is 1. The predicted octanol–water partition coefficient (Wildman–Crippen LogP) is 2.99. The van der Waals surface area contributed by atoms with Gasteiger partial charge in [-0.3, -0.25) is 14.3 Å². The van der Waals surface area contributed by atoms with Crippen molar-refractivity contribution in [2.45, 2.75) is 31.7 Å². The van der Waals surface area contributed by atoms with Crippen LogP contribution in [0.3, 0.4) is 0 Å². The summed E-state index contributed by atoms with van der Waals surface area (Å²) in [5, 5.41) is 14.8. The zero-order valence-corrected chi connectivity index (χ0v) is 17.3. The van der Waals surface area contributed by atoms with Crippen LogP contribution in [0, 0.1) is 0 Å². The fraction of sp³-hybridized carbons (Fsp3) is 0.286. The highest BCUT2D eigenvalue weighted by Crippen LogP contribution is 2.33. The molecule has 0 spiro atoms. The number of anilines is 1. The fourth-order valence-corrected chi connectivity index (χ4v) is 3.86. The first kappa shape index (κ1) is 21.5. The lowest BCUT2D eigenvalue weighted by atomic mass is 9.98. The SMILES string of the molecule is CS(=O)(=O)Nc1ccc(C2=NN(C(=O)CCCC(=O)O)[C@@H](c3ccccc3)C2)cc1. The van der Waals surface area contributed by atoms with E-state index in [1.54, 1.807) is 24.3 Å². The van der Waals surface area contributed by atoms with E-state index in [1.165, 1.54) is 5.01 Å². The minimum Gasteiger partial charge on any atom is -0.481 e. The van der Waals surface area contributed by atoms with Gasteiger partial charge in [-0.05, 0) is 29.7 Å². The number of benzene rings is 2. The quantitative estimate of drug-likeness (QED) is 0.669. The van der Waals surface area contributed by atoms with Crippen molar-refractivity contribution in [3.63, 3.8) is 0 Å². The summed E-state index contributed by atoms with van der Waals surface area (Å²) in [4.78, 5) is 23.5. The van der Waals surface area contributed by atoms with E-state index in [9.17, 15) is 18.0 Å². The molecule has 0 bridgehead atoms. The van der Waals surface area contributed by atoms with Crippen molar-refractivity contribution in [2.24, 2.45) is 5.10 Å². The van der Waals surface area contributed by atoms with Gasteiger partial charge in [-0.1, -0.05) is 42.5 Å². The van der Waals surface area contributed by atoms with Crippen molar-refractivity contribution in [1.82, 2.24) is 5.01 Å². The van der Waals surface area contributed by atoms with Gasteiger partial charge in [0.1, 0.15) is 0 Å². The first-order valence-electron chi connectivity index (χ1n) is 9.47. The van der Waals surface area contributed by atoms with Crippen LogP contribution < -0.4 is 4.72 Å². The molecule has 0 aliphatic carbocycles.